The number of amides is 1. The highest BCUT2D eigenvalue weighted by Crippen LogP contribution is 2.09. The third kappa shape index (κ3) is 4.31. The summed E-state index contributed by atoms with van der Waals surface area (Å²) in [5.41, 5.74) is 0. The molecule has 0 saturated carbocycles. The first-order chi connectivity index (χ1) is 6.83. The van der Waals surface area contributed by atoms with Gasteiger partial charge in [-0.2, -0.15) is 0 Å². The van der Waals surface area contributed by atoms with Gasteiger partial charge in [0.05, 0.1) is 13.2 Å². The zero-order valence-corrected chi connectivity index (χ0v) is 8.76. The van der Waals surface area contributed by atoms with E-state index < -0.39 is 0 Å². The van der Waals surface area contributed by atoms with Gasteiger partial charge in [0.15, 0.2) is 5.13 Å². The van der Waals surface area contributed by atoms with Crippen molar-refractivity contribution in [3.8, 4) is 0 Å². The van der Waals surface area contributed by atoms with Crippen molar-refractivity contribution in [2.75, 3.05) is 32.1 Å². The molecule has 2 N–H and O–H groups in total. The van der Waals surface area contributed by atoms with Gasteiger partial charge >= 0.3 is 0 Å². The van der Waals surface area contributed by atoms with E-state index in [9.17, 15) is 4.79 Å². The van der Waals surface area contributed by atoms with Gasteiger partial charge in [-0.05, 0) is 0 Å². The Bertz CT molecular complexity index is 264. The van der Waals surface area contributed by atoms with Gasteiger partial charge in [0.1, 0.15) is 0 Å². The average molecular weight is 215 g/mol. The van der Waals surface area contributed by atoms with Crippen LogP contribution >= 0.6 is 11.3 Å². The highest BCUT2D eigenvalue weighted by molar-refractivity contribution is 7.13. The largest absolute Gasteiger partial charge is 0.383 e. The zero-order valence-electron chi connectivity index (χ0n) is 7.95. The van der Waals surface area contributed by atoms with Crippen molar-refractivity contribution in [3.05, 3.63) is 11.6 Å². The van der Waals surface area contributed by atoms with Gasteiger partial charge in [0.2, 0.25) is 5.91 Å². The Morgan fingerprint density at radius 1 is 1.71 bits per heavy atom. The van der Waals surface area contributed by atoms with Crippen LogP contribution in [0.3, 0.4) is 0 Å². The molecule has 0 aliphatic heterocycles. The van der Waals surface area contributed by atoms with Gasteiger partial charge in [-0.25, -0.2) is 4.98 Å². The van der Waals surface area contributed by atoms with Crippen LogP contribution in [0.4, 0.5) is 5.13 Å². The highest BCUT2D eigenvalue weighted by Gasteiger charge is 2.02. The predicted octanol–water partition coefficient (Wildman–Crippen LogP) is 0.318. The number of carbonyl (C=O) groups is 1. The van der Waals surface area contributed by atoms with E-state index in [1.807, 2.05) is 5.38 Å². The summed E-state index contributed by atoms with van der Waals surface area (Å²) in [7, 11) is 1.62. The number of rotatable bonds is 6. The molecular formula is C8H13N3O2S. The number of hydrogen-bond acceptors (Lipinski definition) is 5. The molecule has 0 aliphatic carbocycles. The number of nitrogens with one attached hydrogen (secondary N) is 2. The van der Waals surface area contributed by atoms with Crippen LogP contribution in [-0.4, -0.2) is 37.7 Å². The fourth-order valence-electron chi connectivity index (χ4n) is 0.825. The number of carbonyl (C=O) groups excluding carboxylic acids is 1. The SMILES string of the molecule is COCCNCC(=O)Nc1nccs1. The molecule has 0 unspecified atom stereocenters. The molecule has 0 spiro atoms. The lowest BCUT2D eigenvalue weighted by Crippen LogP contribution is -2.30. The van der Waals surface area contributed by atoms with Gasteiger partial charge in [0.25, 0.3) is 0 Å². The van der Waals surface area contributed by atoms with E-state index in [2.05, 4.69) is 15.6 Å². The molecule has 0 saturated heterocycles. The lowest BCUT2D eigenvalue weighted by Gasteiger charge is -2.03. The Morgan fingerprint density at radius 3 is 3.21 bits per heavy atom. The minimum atomic E-state index is -0.0870. The molecule has 1 rings (SSSR count). The third-order valence-electron chi connectivity index (χ3n) is 1.45. The van der Waals surface area contributed by atoms with E-state index >= 15 is 0 Å². The number of ether oxygens (including phenoxy) is 1. The van der Waals surface area contributed by atoms with Gasteiger partial charge in [0, 0.05) is 25.2 Å². The minimum Gasteiger partial charge on any atom is -0.383 e. The summed E-state index contributed by atoms with van der Waals surface area (Å²) in [4.78, 5) is 15.2. The fourth-order valence-corrected chi connectivity index (χ4v) is 1.37. The van der Waals surface area contributed by atoms with Crippen LogP contribution < -0.4 is 10.6 Å². The maximum atomic E-state index is 11.2. The third-order valence-corrected chi connectivity index (χ3v) is 2.14. The zero-order chi connectivity index (χ0) is 10.2. The first kappa shape index (κ1) is 11.1. The molecule has 78 valence electrons. The molecule has 0 aromatic carbocycles. The summed E-state index contributed by atoms with van der Waals surface area (Å²) < 4.78 is 4.83. The monoisotopic (exact) mass is 215 g/mol. The van der Waals surface area contributed by atoms with E-state index in [0.717, 1.165) is 0 Å². The Morgan fingerprint density at radius 2 is 2.57 bits per heavy atom. The van der Waals surface area contributed by atoms with E-state index in [-0.39, 0.29) is 12.5 Å². The van der Waals surface area contributed by atoms with Crippen LogP contribution in [0.2, 0.25) is 0 Å². The fraction of sp³-hybridized carbons (Fsp3) is 0.500. The lowest BCUT2D eigenvalue weighted by molar-refractivity contribution is -0.115. The number of methoxy groups -OCH3 is 1. The quantitative estimate of drug-likeness (QED) is 0.671. The van der Waals surface area contributed by atoms with Crippen LogP contribution in [0.15, 0.2) is 11.6 Å². The topological polar surface area (TPSA) is 63.2 Å². The van der Waals surface area contributed by atoms with Crippen molar-refractivity contribution in [1.29, 1.82) is 0 Å². The molecule has 0 atom stereocenters. The molecule has 14 heavy (non-hydrogen) atoms. The second-order valence-electron chi connectivity index (χ2n) is 2.56. The molecule has 1 aromatic rings. The second kappa shape index (κ2) is 6.47. The van der Waals surface area contributed by atoms with E-state index in [1.54, 1.807) is 13.3 Å². The average Bonchev–Trinajstić information content (AvgIpc) is 2.65. The summed E-state index contributed by atoms with van der Waals surface area (Å²) in [5, 5.41) is 8.04. The Hall–Kier alpha value is -0.980. The van der Waals surface area contributed by atoms with Gasteiger partial charge < -0.3 is 15.4 Å². The summed E-state index contributed by atoms with van der Waals surface area (Å²) in [6.45, 7) is 1.55. The first-order valence-electron chi connectivity index (χ1n) is 4.22. The normalized spacial score (nSPS) is 10.1. The summed E-state index contributed by atoms with van der Waals surface area (Å²) >= 11 is 1.40. The van der Waals surface area contributed by atoms with Crippen LogP contribution in [0.25, 0.3) is 0 Å². The second-order valence-corrected chi connectivity index (χ2v) is 3.45. The first-order valence-corrected chi connectivity index (χ1v) is 5.10. The summed E-state index contributed by atoms with van der Waals surface area (Å²) in [6, 6.07) is 0. The van der Waals surface area contributed by atoms with Crippen LogP contribution in [0.1, 0.15) is 0 Å². The van der Waals surface area contributed by atoms with Crippen molar-refractivity contribution < 1.29 is 9.53 Å². The van der Waals surface area contributed by atoms with Crippen molar-refractivity contribution in [2.24, 2.45) is 0 Å². The number of aromatic nitrogens is 1. The summed E-state index contributed by atoms with van der Waals surface area (Å²) in [6.07, 6.45) is 1.65. The van der Waals surface area contributed by atoms with Crippen molar-refractivity contribution >= 4 is 22.4 Å². The molecule has 0 fully saturated rings. The van der Waals surface area contributed by atoms with Gasteiger partial charge in [-0.3, -0.25) is 4.79 Å². The van der Waals surface area contributed by atoms with Crippen LogP contribution in [-0.2, 0) is 9.53 Å². The number of hydrogen-bond donors (Lipinski definition) is 2. The number of nitrogens with zero attached hydrogens (tertiary/aromatic N) is 1. The maximum Gasteiger partial charge on any atom is 0.240 e. The number of thiazole rings is 1. The van der Waals surface area contributed by atoms with Crippen LogP contribution in [0, 0.1) is 0 Å². The molecule has 6 heteroatoms. The standard InChI is InChI=1S/C8H13N3O2S/c1-13-4-2-9-6-7(12)11-8-10-3-5-14-8/h3,5,9H,2,4,6H2,1H3,(H,10,11,12). The summed E-state index contributed by atoms with van der Waals surface area (Å²) in [5.74, 6) is -0.0870. The highest BCUT2D eigenvalue weighted by atomic mass is 32.1. The van der Waals surface area contributed by atoms with E-state index in [4.69, 9.17) is 4.74 Å². The maximum absolute atomic E-state index is 11.2. The smallest absolute Gasteiger partial charge is 0.240 e. The number of anilines is 1. The molecule has 1 heterocycles. The van der Waals surface area contributed by atoms with Crippen molar-refractivity contribution in [2.45, 2.75) is 0 Å². The van der Waals surface area contributed by atoms with Crippen molar-refractivity contribution in [1.82, 2.24) is 10.3 Å². The Labute approximate surface area is 86.5 Å². The van der Waals surface area contributed by atoms with Gasteiger partial charge in [-0.1, -0.05) is 0 Å². The van der Waals surface area contributed by atoms with E-state index in [1.165, 1.54) is 11.3 Å². The lowest BCUT2D eigenvalue weighted by atomic mass is 10.5. The molecule has 0 bridgehead atoms. The minimum absolute atomic E-state index is 0.0870. The predicted molar refractivity (Wildman–Crippen MR) is 55.5 cm³/mol. The van der Waals surface area contributed by atoms with Crippen LogP contribution in [0.5, 0.6) is 0 Å². The molecule has 0 aliphatic rings. The molecule has 1 amide bonds. The molecule has 5 nitrogen and oxygen atoms in total. The van der Waals surface area contributed by atoms with Crippen molar-refractivity contribution in [3.63, 3.8) is 0 Å². The molecule has 0 radical (unpaired) electrons. The molecule has 1 aromatic heterocycles. The van der Waals surface area contributed by atoms with E-state index in [0.29, 0.717) is 18.3 Å². The Balaban J connectivity index is 2.11. The van der Waals surface area contributed by atoms with Gasteiger partial charge in [-0.15, -0.1) is 11.3 Å². The Kier molecular flexibility index (Phi) is 5.13. The molecular weight excluding hydrogens is 202 g/mol.